The highest BCUT2D eigenvalue weighted by Gasteiger charge is 2.12. The minimum Gasteiger partial charge on any atom is -0.475 e. The minimum absolute atomic E-state index is 0.195. The number of hydrogen-bond donors (Lipinski definition) is 1. The third-order valence-electron chi connectivity index (χ3n) is 2.73. The van der Waals surface area contributed by atoms with Crippen LogP contribution in [0.25, 0.3) is 16.9 Å². The zero-order valence-electron chi connectivity index (χ0n) is 10.0. The number of carbonyl (C=O) groups is 1. The summed E-state index contributed by atoms with van der Waals surface area (Å²) in [7, 11) is 0. The lowest BCUT2D eigenvalue weighted by molar-refractivity contribution is 0.0652. The summed E-state index contributed by atoms with van der Waals surface area (Å²) in [5.41, 5.74) is 2.00. The zero-order chi connectivity index (χ0) is 14.1. The molecule has 0 aliphatic heterocycles. The molecule has 0 spiro atoms. The fourth-order valence-corrected chi connectivity index (χ4v) is 1.96. The Morgan fingerprint density at radius 2 is 2.00 bits per heavy atom. The van der Waals surface area contributed by atoms with E-state index in [2.05, 4.69) is 10.3 Å². The number of benzene rings is 1. The minimum atomic E-state index is -1.15. The van der Waals surface area contributed by atoms with E-state index in [0.29, 0.717) is 10.8 Å². The number of rotatable bonds is 3. The van der Waals surface area contributed by atoms with Gasteiger partial charge in [0.2, 0.25) is 5.76 Å². The van der Waals surface area contributed by atoms with Gasteiger partial charge in [-0.3, -0.25) is 0 Å². The second kappa shape index (κ2) is 4.82. The molecule has 0 saturated carbocycles. The molecular weight excluding hydrogens is 282 g/mol. The van der Waals surface area contributed by atoms with E-state index in [1.807, 2.05) is 12.1 Å². The van der Waals surface area contributed by atoms with Gasteiger partial charge >= 0.3 is 5.97 Å². The molecule has 0 unspecified atom stereocenters. The summed E-state index contributed by atoms with van der Waals surface area (Å²) in [6, 6.07) is 10.3. The Morgan fingerprint density at radius 3 is 2.55 bits per heavy atom. The van der Waals surface area contributed by atoms with Crippen LogP contribution < -0.4 is 0 Å². The summed E-state index contributed by atoms with van der Waals surface area (Å²) in [6.45, 7) is 0. The Balaban J connectivity index is 1.93. The lowest BCUT2D eigenvalue weighted by atomic mass is 10.1. The van der Waals surface area contributed by atoms with E-state index in [9.17, 15) is 4.79 Å². The molecule has 6 nitrogen and oxygen atoms in total. The van der Waals surface area contributed by atoms with Gasteiger partial charge in [0.05, 0.1) is 11.9 Å². The molecule has 7 heteroatoms. The number of carboxylic acids is 1. The number of nitrogens with zero attached hydrogens (tertiary/aromatic N) is 3. The average molecular weight is 290 g/mol. The first kappa shape index (κ1) is 12.4. The van der Waals surface area contributed by atoms with E-state index in [4.69, 9.17) is 21.2 Å². The van der Waals surface area contributed by atoms with Gasteiger partial charge in [-0.15, -0.1) is 0 Å². The lowest BCUT2D eigenvalue weighted by Crippen LogP contribution is -1.95. The van der Waals surface area contributed by atoms with Crippen molar-refractivity contribution in [3.63, 3.8) is 0 Å². The Hall–Kier alpha value is -2.60. The lowest BCUT2D eigenvalue weighted by Gasteiger charge is -2.03. The highest BCUT2D eigenvalue weighted by molar-refractivity contribution is 6.29. The molecule has 2 heterocycles. The van der Waals surface area contributed by atoms with E-state index >= 15 is 0 Å². The molecule has 0 bridgehead atoms. The maximum atomic E-state index is 10.7. The van der Waals surface area contributed by atoms with Gasteiger partial charge in [0, 0.05) is 11.6 Å². The molecule has 100 valence electrons. The molecule has 0 aliphatic carbocycles. The van der Waals surface area contributed by atoms with E-state index in [1.54, 1.807) is 29.1 Å². The first-order valence-corrected chi connectivity index (χ1v) is 6.03. The van der Waals surface area contributed by atoms with Crippen molar-refractivity contribution in [2.45, 2.75) is 0 Å². The molecule has 0 atom stereocenters. The van der Waals surface area contributed by atoms with Crippen molar-refractivity contribution in [2.24, 2.45) is 0 Å². The van der Waals surface area contributed by atoms with Gasteiger partial charge in [-0.05, 0) is 18.2 Å². The van der Waals surface area contributed by atoms with Crippen molar-refractivity contribution < 1.29 is 14.4 Å². The Labute approximate surface area is 118 Å². The van der Waals surface area contributed by atoms with Gasteiger partial charge in [0.1, 0.15) is 10.8 Å². The first-order chi connectivity index (χ1) is 9.65. The summed E-state index contributed by atoms with van der Waals surface area (Å²) in [5.74, 6) is -1.34. The van der Waals surface area contributed by atoms with Crippen LogP contribution in [0.3, 0.4) is 0 Å². The van der Waals surface area contributed by atoms with Crippen LogP contribution in [0.4, 0.5) is 0 Å². The first-order valence-electron chi connectivity index (χ1n) is 5.65. The van der Waals surface area contributed by atoms with Crippen LogP contribution >= 0.6 is 11.6 Å². The number of aromatic nitrogens is 3. The molecule has 0 amide bonds. The molecular formula is C13H8ClN3O3. The SMILES string of the molecule is O=C(O)c1cc(-c2ccc(-n3nccc3Cl)cc2)no1. The van der Waals surface area contributed by atoms with E-state index in [0.717, 1.165) is 11.3 Å². The number of halogens is 1. The van der Waals surface area contributed by atoms with Crippen molar-refractivity contribution in [2.75, 3.05) is 0 Å². The van der Waals surface area contributed by atoms with E-state index in [1.165, 1.54) is 6.07 Å². The van der Waals surface area contributed by atoms with Crippen LogP contribution in [0.1, 0.15) is 10.6 Å². The highest BCUT2D eigenvalue weighted by atomic mass is 35.5. The van der Waals surface area contributed by atoms with Crippen LogP contribution in [0.2, 0.25) is 5.15 Å². The number of carboxylic acid groups (broad SMARTS) is 1. The van der Waals surface area contributed by atoms with Gasteiger partial charge in [0.25, 0.3) is 0 Å². The Kier molecular flexibility index (Phi) is 3.00. The molecule has 2 aromatic heterocycles. The smallest absolute Gasteiger partial charge is 0.374 e. The largest absolute Gasteiger partial charge is 0.475 e. The quantitative estimate of drug-likeness (QED) is 0.802. The molecule has 0 fully saturated rings. The zero-order valence-corrected chi connectivity index (χ0v) is 10.8. The van der Waals surface area contributed by atoms with Crippen molar-refractivity contribution in [1.82, 2.24) is 14.9 Å². The molecule has 0 radical (unpaired) electrons. The number of aromatic carboxylic acids is 1. The highest BCUT2D eigenvalue weighted by Crippen LogP contribution is 2.22. The molecule has 3 aromatic rings. The molecule has 0 saturated heterocycles. The number of hydrogen-bond acceptors (Lipinski definition) is 4. The molecule has 1 N–H and O–H groups in total. The van der Waals surface area contributed by atoms with Gasteiger partial charge < -0.3 is 9.63 Å². The van der Waals surface area contributed by atoms with Gasteiger partial charge in [-0.2, -0.15) is 5.10 Å². The van der Waals surface area contributed by atoms with Crippen molar-refractivity contribution in [3.8, 4) is 16.9 Å². The molecule has 0 aliphatic rings. The standard InChI is InChI=1S/C13H8ClN3O3/c14-12-5-6-15-17(12)9-3-1-8(2-4-9)10-7-11(13(18)19)20-16-10/h1-7H,(H,18,19). The monoisotopic (exact) mass is 289 g/mol. The topological polar surface area (TPSA) is 81.1 Å². The molecule has 3 rings (SSSR count). The Morgan fingerprint density at radius 1 is 1.25 bits per heavy atom. The van der Waals surface area contributed by atoms with Crippen molar-refractivity contribution >= 4 is 17.6 Å². The van der Waals surface area contributed by atoms with Gasteiger partial charge in [0.15, 0.2) is 0 Å². The average Bonchev–Trinajstić information content (AvgIpc) is 3.07. The fourth-order valence-electron chi connectivity index (χ4n) is 1.76. The van der Waals surface area contributed by atoms with E-state index in [-0.39, 0.29) is 5.76 Å². The predicted molar refractivity (Wildman–Crippen MR) is 71.0 cm³/mol. The van der Waals surface area contributed by atoms with Crippen molar-refractivity contribution in [1.29, 1.82) is 0 Å². The van der Waals surface area contributed by atoms with Gasteiger partial charge in [-0.1, -0.05) is 28.9 Å². The third-order valence-corrected chi connectivity index (χ3v) is 3.01. The summed E-state index contributed by atoms with van der Waals surface area (Å²) in [4.78, 5) is 10.7. The summed E-state index contributed by atoms with van der Waals surface area (Å²) in [5, 5.41) is 17.1. The van der Waals surface area contributed by atoms with Crippen LogP contribution in [0, 0.1) is 0 Å². The second-order valence-electron chi connectivity index (χ2n) is 3.99. The molecule has 1 aromatic carbocycles. The van der Waals surface area contributed by atoms with Crippen LogP contribution in [-0.4, -0.2) is 26.0 Å². The summed E-state index contributed by atoms with van der Waals surface area (Å²) < 4.78 is 6.29. The Bertz CT molecular complexity index is 761. The third kappa shape index (κ3) is 2.17. The summed E-state index contributed by atoms with van der Waals surface area (Å²) >= 11 is 5.98. The summed E-state index contributed by atoms with van der Waals surface area (Å²) in [6.07, 6.45) is 1.60. The normalized spacial score (nSPS) is 10.7. The molecule has 20 heavy (non-hydrogen) atoms. The second-order valence-corrected chi connectivity index (χ2v) is 4.38. The van der Waals surface area contributed by atoms with Crippen LogP contribution in [-0.2, 0) is 0 Å². The van der Waals surface area contributed by atoms with Crippen molar-refractivity contribution in [3.05, 3.63) is 53.5 Å². The van der Waals surface area contributed by atoms with Crippen LogP contribution in [0.5, 0.6) is 0 Å². The fraction of sp³-hybridized carbons (Fsp3) is 0. The predicted octanol–water partition coefficient (Wildman–Crippen LogP) is 2.88. The van der Waals surface area contributed by atoms with Gasteiger partial charge in [-0.25, -0.2) is 9.48 Å². The van der Waals surface area contributed by atoms with Crippen LogP contribution in [0.15, 0.2) is 47.1 Å². The maximum absolute atomic E-state index is 10.7. The maximum Gasteiger partial charge on any atom is 0.374 e. The van der Waals surface area contributed by atoms with E-state index < -0.39 is 5.97 Å².